The molecule has 0 saturated heterocycles. The molecule has 0 radical (unpaired) electrons. The number of hydrazine groups is 1. The van der Waals surface area contributed by atoms with Crippen LogP contribution in [0.5, 0.6) is 0 Å². The summed E-state index contributed by atoms with van der Waals surface area (Å²) in [5, 5.41) is 6.75. The third-order valence-electron chi connectivity index (χ3n) is 2.49. The van der Waals surface area contributed by atoms with Crippen molar-refractivity contribution >= 4 is 27.9 Å². The molecule has 1 aliphatic rings. The van der Waals surface area contributed by atoms with Gasteiger partial charge in [0.25, 0.3) is 5.91 Å². The number of carbonyl (C=O) groups is 2. The maximum atomic E-state index is 11.7. The van der Waals surface area contributed by atoms with Crippen molar-refractivity contribution < 1.29 is 14.3 Å². The van der Waals surface area contributed by atoms with Gasteiger partial charge in [0, 0.05) is 5.92 Å². The lowest BCUT2D eigenvalue weighted by Gasteiger charge is -2.05. The second-order valence-electron chi connectivity index (χ2n) is 3.87. The van der Waals surface area contributed by atoms with Crippen LogP contribution in [0, 0.1) is 0 Å². The van der Waals surface area contributed by atoms with Crippen LogP contribution in [0.25, 0.3) is 0 Å². The van der Waals surface area contributed by atoms with Gasteiger partial charge in [0.15, 0.2) is 5.69 Å². The number of halogens is 1. The van der Waals surface area contributed by atoms with Gasteiger partial charge in [-0.25, -0.2) is 10.2 Å². The van der Waals surface area contributed by atoms with Gasteiger partial charge < -0.3 is 4.74 Å². The van der Waals surface area contributed by atoms with E-state index in [4.69, 9.17) is 0 Å². The second kappa shape index (κ2) is 5.38. The number of nitrogens with one attached hydrogen (secondary N) is 3. The molecule has 0 unspecified atom stereocenters. The maximum absolute atomic E-state index is 11.7. The molecule has 1 aromatic heterocycles. The number of carbonyl (C=O) groups excluding carboxylic acids is 2. The van der Waals surface area contributed by atoms with E-state index in [9.17, 15) is 9.59 Å². The van der Waals surface area contributed by atoms with Crippen LogP contribution in [0.15, 0.2) is 4.47 Å². The van der Waals surface area contributed by atoms with Crippen LogP contribution in [0.3, 0.4) is 0 Å². The van der Waals surface area contributed by atoms with Gasteiger partial charge in [0.2, 0.25) is 0 Å². The quantitative estimate of drug-likeness (QED) is 0.735. The van der Waals surface area contributed by atoms with Crippen molar-refractivity contribution in [1.29, 1.82) is 0 Å². The zero-order valence-corrected chi connectivity index (χ0v) is 11.3. The molecule has 98 valence electrons. The topological polar surface area (TPSA) is 96.1 Å². The highest BCUT2D eigenvalue weighted by Gasteiger charge is 2.30. The predicted octanol–water partition coefficient (Wildman–Crippen LogP) is 1.44. The summed E-state index contributed by atoms with van der Waals surface area (Å²) in [6.45, 7) is 1.91. The maximum Gasteiger partial charge on any atom is 0.426 e. The highest BCUT2D eigenvalue weighted by molar-refractivity contribution is 9.10. The molecule has 2 rings (SSSR count). The molecule has 1 aromatic rings. The molecular formula is C10H13BrN4O3. The summed E-state index contributed by atoms with van der Waals surface area (Å²) in [4.78, 5) is 22.7. The van der Waals surface area contributed by atoms with E-state index < -0.39 is 12.0 Å². The van der Waals surface area contributed by atoms with Crippen molar-refractivity contribution in [2.24, 2.45) is 0 Å². The molecule has 1 fully saturated rings. The Morgan fingerprint density at radius 2 is 2.22 bits per heavy atom. The lowest BCUT2D eigenvalue weighted by atomic mass is 10.2. The monoisotopic (exact) mass is 316 g/mol. The standard InChI is InChI=1S/C10H13BrN4O3/c1-2-18-10(17)15-14-9(16)8-6(11)7(12-13-8)5-3-4-5/h5H,2-4H2,1H3,(H,12,13)(H,14,16)(H,15,17). The molecule has 0 spiro atoms. The van der Waals surface area contributed by atoms with Gasteiger partial charge in [0.1, 0.15) is 0 Å². The summed E-state index contributed by atoms with van der Waals surface area (Å²) in [7, 11) is 0. The molecule has 7 nitrogen and oxygen atoms in total. The predicted molar refractivity (Wildman–Crippen MR) is 65.9 cm³/mol. The van der Waals surface area contributed by atoms with Crippen LogP contribution < -0.4 is 10.9 Å². The highest BCUT2D eigenvalue weighted by Crippen LogP contribution is 2.42. The summed E-state index contributed by atoms with van der Waals surface area (Å²) in [5.41, 5.74) is 5.49. The Kier molecular flexibility index (Phi) is 3.85. The van der Waals surface area contributed by atoms with Crippen molar-refractivity contribution in [2.75, 3.05) is 6.61 Å². The average molecular weight is 317 g/mol. The van der Waals surface area contributed by atoms with E-state index in [-0.39, 0.29) is 12.3 Å². The van der Waals surface area contributed by atoms with Crippen LogP contribution in [-0.2, 0) is 4.74 Å². The lowest BCUT2D eigenvalue weighted by molar-refractivity contribution is 0.0907. The lowest BCUT2D eigenvalue weighted by Crippen LogP contribution is -2.42. The fourth-order valence-electron chi connectivity index (χ4n) is 1.47. The van der Waals surface area contributed by atoms with E-state index in [0.717, 1.165) is 18.5 Å². The largest absolute Gasteiger partial charge is 0.449 e. The summed E-state index contributed by atoms with van der Waals surface area (Å²) in [6.07, 6.45) is 1.49. The molecule has 3 N–H and O–H groups in total. The Bertz CT molecular complexity index is 470. The molecule has 0 aliphatic heterocycles. The van der Waals surface area contributed by atoms with Crippen LogP contribution >= 0.6 is 15.9 Å². The molecule has 1 heterocycles. The zero-order chi connectivity index (χ0) is 13.1. The first-order valence-electron chi connectivity index (χ1n) is 5.60. The Labute approximate surface area is 112 Å². The minimum atomic E-state index is -0.708. The average Bonchev–Trinajstić information content (AvgIpc) is 3.10. The summed E-state index contributed by atoms with van der Waals surface area (Å²) >= 11 is 3.33. The Morgan fingerprint density at radius 3 is 2.83 bits per heavy atom. The van der Waals surface area contributed by atoms with Crippen molar-refractivity contribution in [1.82, 2.24) is 21.0 Å². The van der Waals surface area contributed by atoms with Gasteiger partial charge in [-0.05, 0) is 35.7 Å². The minimum absolute atomic E-state index is 0.216. The number of amides is 2. The first-order chi connectivity index (χ1) is 8.63. The van der Waals surface area contributed by atoms with Crippen molar-refractivity contribution in [3.8, 4) is 0 Å². The number of aromatic nitrogens is 2. The Balaban J connectivity index is 1.94. The number of nitrogens with zero attached hydrogens (tertiary/aromatic N) is 1. The number of rotatable bonds is 3. The number of aromatic amines is 1. The number of hydrogen-bond acceptors (Lipinski definition) is 4. The molecule has 1 saturated carbocycles. The van der Waals surface area contributed by atoms with Gasteiger partial charge in [-0.1, -0.05) is 0 Å². The van der Waals surface area contributed by atoms with Crippen molar-refractivity contribution in [2.45, 2.75) is 25.7 Å². The SMILES string of the molecule is CCOC(=O)NNC(=O)c1n[nH]c(C2CC2)c1Br. The normalized spacial score (nSPS) is 14.1. The van der Waals surface area contributed by atoms with Crippen molar-refractivity contribution in [3.63, 3.8) is 0 Å². The molecular weight excluding hydrogens is 304 g/mol. The van der Waals surface area contributed by atoms with Crippen LogP contribution in [-0.4, -0.2) is 28.8 Å². The third-order valence-corrected chi connectivity index (χ3v) is 3.29. The van der Waals surface area contributed by atoms with E-state index in [1.54, 1.807) is 6.92 Å². The summed E-state index contributed by atoms with van der Waals surface area (Å²) < 4.78 is 5.25. The number of hydrogen-bond donors (Lipinski definition) is 3. The molecule has 18 heavy (non-hydrogen) atoms. The second-order valence-corrected chi connectivity index (χ2v) is 4.67. The first-order valence-corrected chi connectivity index (χ1v) is 6.39. The van der Waals surface area contributed by atoms with Crippen molar-refractivity contribution in [3.05, 3.63) is 15.9 Å². The van der Waals surface area contributed by atoms with Crippen LogP contribution in [0.1, 0.15) is 41.9 Å². The third kappa shape index (κ3) is 2.81. The van der Waals surface area contributed by atoms with Gasteiger partial charge in [-0.2, -0.15) is 5.10 Å². The molecule has 0 atom stereocenters. The highest BCUT2D eigenvalue weighted by atomic mass is 79.9. The number of H-pyrrole nitrogens is 1. The minimum Gasteiger partial charge on any atom is -0.449 e. The summed E-state index contributed by atoms with van der Waals surface area (Å²) in [5.74, 6) is -0.0514. The summed E-state index contributed by atoms with van der Waals surface area (Å²) in [6, 6.07) is 0. The number of ether oxygens (including phenoxy) is 1. The fourth-order valence-corrected chi connectivity index (χ4v) is 2.15. The van der Waals surface area contributed by atoms with Gasteiger partial charge >= 0.3 is 6.09 Å². The van der Waals surface area contributed by atoms with Gasteiger partial charge in [-0.3, -0.25) is 15.3 Å². The van der Waals surface area contributed by atoms with Gasteiger partial charge in [-0.15, -0.1) is 0 Å². The van der Waals surface area contributed by atoms with Crippen LogP contribution in [0.4, 0.5) is 4.79 Å². The Hall–Kier alpha value is -1.57. The first kappa shape index (κ1) is 12.9. The zero-order valence-electron chi connectivity index (χ0n) is 9.75. The van der Waals surface area contributed by atoms with Gasteiger partial charge in [0.05, 0.1) is 16.8 Å². The van der Waals surface area contributed by atoms with E-state index in [0.29, 0.717) is 10.4 Å². The molecule has 0 bridgehead atoms. The molecule has 2 amide bonds. The molecule has 1 aliphatic carbocycles. The molecule has 8 heteroatoms. The van der Waals surface area contributed by atoms with E-state index in [1.807, 2.05) is 0 Å². The fraction of sp³-hybridized carbons (Fsp3) is 0.500. The molecule has 0 aromatic carbocycles. The van der Waals surface area contributed by atoms with E-state index in [1.165, 1.54) is 0 Å². The van der Waals surface area contributed by atoms with Crippen LogP contribution in [0.2, 0.25) is 0 Å². The van der Waals surface area contributed by atoms with E-state index in [2.05, 4.69) is 41.7 Å². The Morgan fingerprint density at radius 1 is 1.50 bits per heavy atom. The smallest absolute Gasteiger partial charge is 0.426 e. The van der Waals surface area contributed by atoms with E-state index >= 15 is 0 Å².